The highest BCUT2D eigenvalue weighted by atomic mass is 16.6. The largest absolute Gasteiger partial charge is 0.463 e. The van der Waals surface area contributed by atoms with Gasteiger partial charge in [0.2, 0.25) is 6.41 Å². The lowest BCUT2D eigenvalue weighted by Gasteiger charge is -2.02. The van der Waals surface area contributed by atoms with Crippen molar-refractivity contribution in [2.75, 3.05) is 33.9 Å². The Morgan fingerprint density at radius 1 is 1.25 bits per heavy atom. The number of carbonyl (C=O) groups is 2. The normalized spacial score (nSPS) is 8.75. The van der Waals surface area contributed by atoms with Crippen LogP contribution in [0.1, 0.15) is 26.7 Å². The molecule has 0 spiro atoms. The van der Waals surface area contributed by atoms with E-state index >= 15 is 0 Å². The van der Waals surface area contributed by atoms with Crippen molar-refractivity contribution in [3.05, 3.63) is 0 Å². The number of esters is 1. The lowest BCUT2D eigenvalue weighted by molar-refractivity contribution is -0.142. The Bertz CT molecular complexity index is 171. The molecular weight excluding hydrogens is 210 g/mol. The molecule has 0 radical (unpaired) electrons. The maximum absolute atomic E-state index is 10.3. The van der Waals surface area contributed by atoms with Crippen LogP contribution < -0.4 is 0 Å². The predicted octanol–water partition coefficient (Wildman–Crippen LogP) is 1.07. The highest BCUT2D eigenvalue weighted by Crippen LogP contribution is 1.87. The lowest BCUT2D eigenvalue weighted by atomic mass is 10.4. The molecule has 5 nitrogen and oxygen atoms in total. The summed E-state index contributed by atoms with van der Waals surface area (Å²) in [7, 11) is 3.38. The third-order valence-electron chi connectivity index (χ3n) is 1.39. The molecule has 0 saturated heterocycles. The second-order valence-electron chi connectivity index (χ2n) is 3.37. The van der Waals surface area contributed by atoms with Gasteiger partial charge in [-0.3, -0.25) is 9.59 Å². The number of unbranched alkanes of at least 4 members (excludes halogenated alkanes) is 1. The molecular formula is C11H23NO4. The standard InChI is InChI=1S/C8H16O3.C3H7NO/c1-3-4-5-10-6-7-11-8(2)9;1-4(2)3-5/h3-7H2,1-2H3;3H,1-2H3. The van der Waals surface area contributed by atoms with E-state index in [1.54, 1.807) is 14.1 Å². The van der Waals surface area contributed by atoms with E-state index in [0.29, 0.717) is 13.2 Å². The molecule has 0 bridgehead atoms. The summed E-state index contributed by atoms with van der Waals surface area (Å²) >= 11 is 0. The number of hydrogen-bond donors (Lipinski definition) is 0. The van der Waals surface area contributed by atoms with Crippen molar-refractivity contribution in [1.29, 1.82) is 0 Å². The molecule has 0 unspecified atom stereocenters. The molecule has 0 heterocycles. The van der Waals surface area contributed by atoms with Crippen LogP contribution in [-0.4, -0.2) is 51.2 Å². The fourth-order valence-electron chi connectivity index (χ4n) is 0.593. The Labute approximate surface area is 97.7 Å². The minimum Gasteiger partial charge on any atom is -0.463 e. The van der Waals surface area contributed by atoms with Crippen molar-refractivity contribution in [1.82, 2.24) is 4.90 Å². The maximum Gasteiger partial charge on any atom is 0.302 e. The summed E-state index contributed by atoms with van der Waals surface area (Å²) in [4.78, 5) is 21.1. The fraction of sp³-hybridized carbons (Fsp3) is 0.818. The van der Waals surface area contributed by atoms with Gasteiger partial charge in [0.1, 0.15) is 6.61 Å². The summed E-state index contributed by atoms with van der Waals surface area (Å²) in [5.41, 5.74) is 0. The van der Waals surface area contributed by atoms with Crippen LogP contribution >= 0.6 is 0 Å². The van der Waals surface area contributed by atoms with Gasteiger partial charge < -0.3 is 14.4 Å². The Morgan fingerprint density at radius 3 is 2.19 bits per heavy atom. The van der Waals surface area contributed by atoms with E-state index in [-0.39, 0.29) is 5.97 Å². The molecule has 0 aromatic rings. The molecule has 0 N–H and O–H groups in total. The molecule has 0 rings (SSSR count). The van der Waals surface area contributed by atoms with Crippen molar-refractivity contribution < 1.29 is 19.1 Å². The molecule has 5 heteroatoms. The molecule has 1 amide bonds. The number of hydrogen-bond acceptors (Lipinski definition) is 4. The third kappa shape index (κ3) is 23.1. The number of carbonyl (C=O) groups excluding carboxylic acids is 2. The quantitative estimate of drug-likeness (QED) is 0.375. The van der Waals surface area contributed by atoms with Gasteiger partial charge in [-0.05, 0) is 6.42 Å². The first-order valence-corrected chi connectivity index (χ1v) is 5.37. The first-order chi connectivity index (χ1) is 7.54. The Morgan fingerprint density at radius 2 is 1.81 bits per heavy atom. The predicted molar refractivity (Wildman–Crippen MR) is 62.1 cm³/mol. The van der Waals surface area contributed by atoms with Gasteiger partial charge in [0.15, 0.2) is 0 Å². The molecule has 0 saturated carbocycles. The summed E-state index contributed by atoms with van der Waals surface area (Å²) in [6.45, 7) is 5.15. The number of nitrogens with zero attached hydrogens (tertiary/aromatic N) is 1. The van der Waals surface area contributed by atoms with Gasteiger partial charge in [-0.1, -0.05) is 13.3 Å². The Kier molecular flexibility index (Phi) is 15.0. The van der Waals surface area contributed by atoms with E-state index < -0.39 is 0 Å². The number of rotatable bonds is 7. The monoisotopic (exact) mass is 233 g/mol. The molecule has 0 aromatic carbocycles. The zero-order valence-electron chi connectivity index (χ0n) is 10.7. The van der Waals surface area contributed by atoms with Crippen LogP contribution in [0.25, 0.3) is 0 Å². The molecule has 0 fully saturated rings. The van der Waals surface area contributed by atoms with Crippen molar-refractivity contribution >= 4 is 12.4 Å². The van der Waals surface area contributed by atoms with Crippen molar-refractivity contribution in [2.45, 2.75) is 26.7 Å². The van der Waals surface area contributed by atoms with Crippen LogP contribution in [0, 0.1) is 0 Å². The SMILES string of the molecule is CCCCOCCOC(C)=O.CN(C)C=O. The van der Waals surface area contributed by atoms with Gasteiger partial charge in [0.05, 0.1) is 6.61 Å². The minimum absolute atomic E-state index is 0.246. The average Bonchev–Trinajstić information content (AvgIpc) is 2.23. The first kappa shape index (κ1) is 17.3. The van der Waals surface area contributed by atoms with Crippen LogP contribution in [0.15, 0.2) is 0 Å². The van der Waals surface area contributed by atoms with Gasteiger partial charge in [-0.2, -0.15) is 0 Å². The van der Waals surface area contributed by atoms with Crippen LogP contribution in [0.3, 0.4) is 0 Å². The van der Waals surface area contributed by atoms with Gasteiger partial charge in [0, 0.05) is 27.6 Å². The zero-order valence-corrected chi connectivity index (χ0v) is 10.7. The number of ether oxygens (including phenoxy) is 2. The van der Waals surface area contributed by atoms with E-state index in [1.165, 1.54) is 11.8 Å². The van der Waals surface area contributed by atoms with Crippen LogP contribution in [-0.2, 0) is 19.1 Å². The summed E-state index contributed by atoms with van der Waals surface area (Å²) in [5.74, 6) is -0.246. The zero-order chi connectivity index (χ0) is 12.8. The summed E-state index contributed by atoms with van der Waals surface area (Å²) in [6, 6.07) is 0. The van der Waals surface area contributed by atoms with E-state index in [1.807, 2.05) is 0 Å². The number of amides is 1. The van der Waals surface area contributed by atoms with Crippen molar-refractivity contribution in [3.63, 3.8) is 0 Å². The second-order valence-corrected chi connectivity index (χ2v) is 3.37. The van der Waals surface area contributed by atoms with Crippen molar-refractivity contribution in [2.24, 2.45) is 0 Å². The summed E-state index contributed by atoms with van der Waals surface area (Å²) in [5, 5.41) is 0. The van der Waals surface area contributed by atoms with E-state index in [4.69, 9.17) is 4.74 Å². The molecule has 0 aliphatic carbocycles. The molecule has 0 atom stereocenters. The van der Waals surface area contributed by atoms with E-state index in [9.17, 15) is 9.59 Å². The minimum atomic E-state index is -0.246. The van der Waals surface area contributed by atoms with Gasteiger partial charge in [-0.25, -0.2) is 0 Å². The van der Waals surface area contributed by atoms with E-state index in [0.717, 1.165) is 25.9 Å². The maximum atomic E-state index is 10.3. The summed E-state index contributed by atoms with van der Waals surface area (Å²) < 4.78 is 9.81. The third-order valence-corrected chi connectivity index (χ3v) is 1.39. The van der Waals surface area contributed by atoms with Gasteiger partial charge in [0.25, 0.3) is 0 Å². The topological polar surface area (TPSA) is 55.8 Å². The lowest BCUT2D eigenvalue weighted by Crippen LogP contribution is -2.07. The molecule has 16 heavy (non-hydrogen) atoms. The Balaban J connectivity index is 0. The van der Waals surface area contributed by atoms with Crippen molar-refractivity contribution in [3.8, 4) is 0 Å². The molecule has 0 aliphatic rings. The first-order valence-electron chi connectivity index (χ1n) is 5.37. The highest BCUT2D eigenvalue weighted by molar-refractivity contribution is 5.65. The van der Waals surface area contributed by atoms with Crippen LogP contribution in [0.2, 0.25) is 0 Å². The highest BCUT2D eigenvalue weighted by Gasteiger charge is 1.91. The fourth-order valence-corrected chi connectivity index (χ4v) is 0.593. The molecule has 96 valence electrons. The molecule has 0 aromatic heterocycles. The second kappa shape index (κ2) is 13.9. The Hall–Kier alpha value is -1.10. The summed E-state index contributed by atoms with van der Waals surface area (Å²) in [6.07, 6.45) is 2.95. The van der Waals surface area contributed by atoms with Crippen LogP contribution in [0.4, 0.5) is 0 Å². The smallest absolute Gasteiger partial charge is 0.302 e. The molecule has 0 aliphatic heterocycles. The van der Waals surface area contributed by atoms with Gasteiger partial charge in [-0.15, -0.1) is 0 Å². The van der Waals surface area contributed by atoms with E-state index in [2.05, 4.69) is 11.7 Å². The average molecular weight is 233 g/mol. The van der Waals surface area contributed by atoms with Gasteiger partial charge >= 0.3 is 5.97 Å². The van der Waals surface area contributed by atoms with Crippen LogP contribution in [0.5, 0.6) is 0 Å².